The summed E-state index contributed by atoms with van der Waals surface area (Å²) in [6.45, 7) is 4.44. The molecule has 0 saturated heterocycles. The molecule has 3 nitrogen and oxygen atoms in total. The molecule has 2 heterocycles. The number of nitrogens with one attached hydrogen (secondary N) is 1. The van der Waals surface area contributed by atoms with Crippen LogP contribution in [0.1, 0.15) is 29.1 Å². The Kier molecular flexibility index (Phi) is 4.88. The first-order valence-electron chi connectivity index (χ1n) is 7.51. The number of hydrogen-bond acceptors (Lipinski definition) is 4. The number of nitrogens with zero attached hydrogens (tertiary/aromatic N) is 1. The number of amides is 1. The van der Waals surface area contributed by atoms with E-state index in [2.05, 4.69) is 48.4 Å². The van der Waals surface area contributed by atoms with E-state index in [0.717, 1.165) is 17.7 Å². The summed E-state index contributed by atoms with van der Waals surface area (Å²) in [4.78, 5) is 17.2. The van der Waals surface area contributed by atoms with Crippen molar-refractivity contribution in [1.82, 2.24) is 4.98 Å². The van der Waals surface area contributed by atoms with Crippen LogP contribution in [0.5, 0.6) is 0 Å². The molecule has 3 aromatic rings. The zero-order valence-corrected chi connectivity index (χ0v) is 14.7. The molecule has 1 amide bonds. The van der Waals surface area contributed by atoms with Crippen molar-refractivity contribution in [2.45, 2.75) is 20.3 Å². The number of hydrogen-bond donors (Lipinski definition) is 1. The van der Waals surface area contributed by atoms with Crippen LogP contribution in [0.3, 0.4) is 0 Å². The van der Waals surface area contributed by atoms with E-state index in [-0.39, 0.29) is 5.91 Å². The Labute approximate surface area is 144 Å². The van der Waals surface area contributed by atoms with E-state index in [9.17, 15) is 4.79 Å². The van der Waals surface area contributed by atoms with Gasteiger partial charge in [0.25, 0.3) is 5.91 Å². The number of aromatic nitrogens is 1. The lowest BCUT2D eigenvalue weighted by atomic mass is 10.0. The Hall–Kier alpha value is -1.98. The zero-order chi connectivity index (χ0) is 16.2. The standard InChI is InChI=1S/C18H18N2OS2/c1-12(2)10-13-5-7-14(8-6-13)15-11-23-18(19-15)20-17(21)16-4-3-9-22-16/h3-9,11-12H,10H2,1-2H3,(H,19,20,21). The highest BCUT2D eigenvalue weighted by Crippen LogP contribution is 2.26. The van der Waals surface area contributed by atoms with Crippen LogP contribution in [0.2, 0.25) is 0 Å². The molecule has 1 N–H and O–H groups in total. The number of carbonyl (C=O) groups excluding carboxylic acids is 1. The molecule has 3 rings (SSSR count). The molecule has 2 aromatic heterocycles. The van der Waals surface area contributed by atoms with Crippen LogP contribution in [-0.4, -0.2) is 10.9 Å². The molecule has 0 aliphatic heterocycles. The van der Waals surface area contributed by atoms with E-state index in [0.29, 0.717) is 15.9 Å². The largest absolute Gasteiger partial charge is 0.297 e. The van der Waals surface area contributed by atoms with Gasteiger partial charge in [-0.3, -0.25) is 10.1 Å². The Bertz CT molecular complexity index is 774. The van der Waals surface area contributed by atoms with Crippen molar-refractivity contribution in [2.75, 3.05) is 5.32 Å². The summed E-state index contributed by atoms with van der Waals surface area (Å²) < 4.78 is 0. The van der Waals surface area contributed by atoms with Gasteiger partial charge in [0.15, 0.2) is 5.13 Å². The summed E-state index contributed by atoms with van der Waals surface area (Å²) in [5.41, 5.74) is 3.31. The molecular weight excluding hydrogens is 324 g/mol. The number of benzene rings is 1. The van der Waals surface area contributed by atoms with Gasteiger partial charge in [-0.2, -0.15) is 0 Å². The molecule has 5 heteroatoms. The van der Waals surface area contributed by atoms with Crippen molar-refractivity contribution in [3.8, 4) is 11.3 Å². The molecule has 23 heavy (non-hydrogen) atoms. The van der Waals surface area contributed by atoms with Crippen LogP contribution in [0.4, 0.5) is 5.13 Å². The average Bonchev–Trinajstić information content (AvgIpc) is 3.18. The third kappa shape index (κ3) is 4.06. The van der Waals surface area contributed by atoms with Gasteiger partial charge in [-0.15, -0.1) is 22.7 Å². The number of anilines is 1. The maximum Gasteiger partial charge on any atom is 0.267 e. The smallest absolute Gasteiger partial charge is 0.267 e. The summed E-state index contributed by atoms with van der Waals surface area (Å²) in [6, 6.07) is 12.2. The zero-order valence-electron chi connectivity index (χ0n) is 13.1. The van der Waals surface area contributed by atoms with E-state index in [1.54, 1.807) is 0 Å². The Morgan fingerprint density at radius 1 is 1.17 bits per heavy atom. The van der Waals surface area contributed by atoms with Gasteiger partial charge < -0.3 is 0 Å². The lowest BCUT2D eigenvalue weighted by Crippen LogP contribution is -2.09. The highest BCUT2D eigenvalue weighted by atomic mass is 32.1. The minimum Gasteiger partial charge on any atom is -0.297 e. The highest BCUT2D eigenvalue weighted by Gasteiger charge is 2.10. The SMILES string of the molecule is CC(C)Cc1ccc(-c2csc(NC(=O)c3cccs3)n2)cc1. The van der Waals surface area contributed by atoms with Crippen LogP contribution in [0, 0.1) is 5.92 Å². The van der Waals surface area contributed by atoms with Gasteiger partial charge in [0, 0.05) is 10.9 Å². The molecule has 0 aliphatic carbocycles. The maximum absolute atomic E-state index is 12.0. The Morgan fingerprint density at radius 3 is 2.61 bits per heavy atom. The van der Waals surface area contributed by atoms with E-state index in [4.69, 9.17) is 0 Å². The Balaban J connectivity index is 1.70. The normalized spacial score (nSPS) is 10.9. The van der Waals surface area contributed by atoms with Gasteiger partial charge in [-0.05, 0) is 29.3 Å². The van der Waals surface area contributed by atoms with Gasteiger partial charge in [0.2, 0.25) is 0 Å². The maximum atomic E-state index is 12.0. The molecule has 0 radical (unpaired) electrons. The second-order valence-electron chi connectivity index (χ2n) is 5.76. The third-order valence-corrected chi connectivity index (χ3v) is 4.99. The molecule has 0 saturated carbocycles. The van der Waals surface area contributed by atoms with Crippen molar-refractivity contribution in [3.05, 3.63) is 57.6 Å². The molecule has 0 unspecified atom stereocenters. The molecule has 118 valence electrons. The molecule has 1 aromatic carbocycles. The second-order valence-corrected chi connectivity index (χ2v) is 7.57. The number of carbonyl (C=O) groups is 1. The molecule has 0 aliphatic rings. The number of rotatable bonds is 5. The van der Waals surface area contributed by atoms with Crippen molar-refractivity contribution >= 4 is 33.7 Å². The Morgan fingerprint density at radius 2 is 1.96 bits per heavy atom. The number of thiazole rings is 1. The molecule has 0 atom stereocenters. The fourth-order valence-corrected chi connectivity index (χ4v) is 3.65. The number of thiophene rings is 1. The predicted molar refractivity (Wildman–Crippen MR) is 98.4 cm³/mol. The fourth-order valence-electron chi connectivity index (χ4n) is 2.31. The third-order valence-electron chi connectivity index (χ3n) is 3.36. The highest BCUT2D eigenvalue weighted by molar-refractivity contribution is 7.14. The van der Waals surface area contributed by atoms with Crippen LogP contribution < -0.4 is 5.32 Å². The quantitative estimate of drug-likeness (QED) is 0.681. The summed E-state index contributed by atoms with van der Waals surface area (Å²) in [7, 11) is 0. The summed E-state index contributed by atoms with van der Waals surface area (Å²) in [5, 5.41) is 7.34. The van der Waals surface area contributed by atoms with Crippen molar-refractivity contribution in [3.63, 3.8) is 0 Å². The topological polar surface area (TPSA) is 42.0 Å². The van der Waals surface area contributed by atoms with E-state index in [1.165, 1.54) is 28.2 Å². The van der Waals surface area contributed by atoms with Gasteiger partial charge in [0.1, 0.15) is 0 Å². The van der Waals surface area contributed by atoms with Crippen LogP contribution in [0.15, 0.2) is 47.2 Å². The minimum absolute atomic E-state index is 0.104. The lowest BCUT2D eigenvalue weighted by molar-refractivity contribution is 0.103. The monoisotopic (exact) mass is 342 g/mol. The van der Waals surface area contributed by atoms with Crippen molar-refractivity contribution in [2.24, 2.45) is 5.92 Å². The second kappa shape index (κ2) is 7.06. The van der Waals surface area contributed by atoms with Gasteiger partial charge in [0.05, 0.1) is 10.6 Å². The van der Waals surface area contributed by atoms with Gasteiger partial charge >= 0.3 is 0 Å². The first-order chi connectivity index (χ1) is 11.1. The molecular formula is C18H18N2OS2. The van der Waals surface area contributed by atoms with E-state index in [1.807, 2.05) is 22.9 Å². The average molecular weight is 342 g/mol. The van der Waals surface area contributed by atoms with Crippen LogP contribution in [0.25, 0.3) is 11.3 Å². The van der Waals surface area contributed by atoms with Crippen molar-refractivity contribution in [1.29, 1.82) is 0 Å². The molecule has 0 spiro atoms. The van der Waals surface area contributed by atoms with Crippen LogP contribution >= 0.6 is 22.7 Å². The van der Waals surface area contributed by atoms with Gasteiger partial charge in [-0.1, -0.05) is 44.2 Å². The summed E-state index contributed by atoms with van der Waals surface area (Å²) >= 11 is 2.87. The summed E-state index contributed by atoms with van der Waals surface area (Å²) in [6.07, 6.45) is 1.08. The summed E-state index contributed by atoms with van der Waals surface area (Å²) in [5.74, 6) is 0.548. The first-order valence-corrected chi connectivity index (χ1v) is 9.27. The van der Waals surface area contributed by atoms with Gasteiger partial charge in [-0.25, -0.2) is 4.98 Å². The van der Waals surface area contributed by atoms with E-state index >= 15 is 0 Å². The fraction of sp³-hybridized carbons (Fsp3) is 0.222. The first kappa shape index (κ1) is 15.9. The van der Waals surface area contributed by atoms with Crippen LogP contribution in [-0.2, 0) is 6.42 Å². The lowest BCUT2D eigenvalue weighted by Gasteiger charge is -2.05. The molecule has 0 fully saturated rings. The minimum atomic E-state index is -0.104. The predicted octanol–water partition coefficient (Wildman–Crippen LogP) is 5.32. The van der Waals surface area contributed by atoms with Crippen molar-refractivity contribution < 1.29 is 4.79 Å². The molecule has 0 bridgehead atoms. The van der Waals surface area contributed by atoms with E-state index < -0.39 is 0 Å².